The molecule has 1 heterocycles. The molecule has 0 spiro atoms. The Kier molecular flexibility index (Phi) is 5.25. The van der Waals surface area contributed by atoms with E-state index in [1.807, 2.05) is 32.9 Å². The lowest BCUT2D eigenvalue weighted by molar-refractivity contribution is -0.285. The molecule has 25 heavy (non-hydrogen) atoms. The fourth-order valence-electron chi connectivity index (χ4n) is 3.31. The molecule has 0 aliphatic carbocycles. The summed E-state index contributed by atoms with van der Waals surface area (Å²) in [4.78, 5) is 25.0. The molecular weight excluding hydrogens is 322 g/mol. The Labute approximate surface area is 148 Å². The van der Waals surface area contributed by atoms with Crippen molar-refractivity contribution < 1.29 is 23.8 Å². The van der Waals surface area contributed by atoms with Gasteiger partial charge in [-0.05, 0) is 52.7 Å². The van der Waals surface area contributed by atoms with E-state index in [0.29, 0.717) is 0 Å². The third-order valence-electron chi connectivity index (χ3n) is 4.44. The topological polar surface area (TPSA) is 73.9 Å². The molecule has 1 aliphatic rings. The fourth-order valence-corrected chi connectivity index (χ4v) is 3.31. The zero-order valence-corrected chi connectivity index (χ0v) is 16.0. The largest absolute Gasteiger partial charge is 0.467 e. The van der Waals surface area contributed by atoms with Crippen molar-refractivity contribution in [2.24, 2.45) is 0 Å². The van der Waals surface area contributed by atoms with Gasteiger partial charge in [-0.15, -0.1) is 0 Å². The van der Waals surface area contributed by atoms with E-state index in [1.165, 1.54) is 14.0 Å². The maximum absolute atomic E-state index is 12.7. The first-order valence-corrected chi connectivity index (χ1v) is 8.29. The highest BCUT2D eigenvalue weighted by Crippen LogP contribution is 2.35. The van der Waals surface area contributed by atoms with Gasteiger partial charge in [0, 0.05) is 5.69 Å². The number of benzene rings is 1. The molecule has 6 heteroatoms. The number of hydrogen-bond acceptors (Lipinski definition) is 6. The van der Waals surface area contributed by atoms with E-state index in [1.54, 1.807) is 13.8 Å². The van der Waals surface area contributed by atoms with E-state index in [-0.39, 0.29) is 12.4 Å². The number of carbonyl (C=O) groups is 2. The number of esters is 1. The van der Waals surface area contributed by atoms with Crippen molar-refractivity contribution in [2.45, 2.75) is 59.0 Å². The van der Waals surface area contributed by atoms with Gasteiger partial charge in [0.05, 0.1) is 13.7 Å². The van der Waals surface area contributed by atoms with Crippen molar-refractivity contribution in [1.29, 1.82) is 0 Å². The number of carbonyl (C=O) groups excluding carboxylic acids is 2. The van der Waals surface area contributed by atoms with Crippen LogP contribution >= 0.6 is 0 Å². The van der Waals surface area contributed by atoms with Gasteiger partial charge in [0.1, 0.15) is 0 Å². The van der Waals surface area contributed by atoms with Gasteiger partial charge < -0.3 is 19.5 Å². The minimum absolute atomic E-state index is 0.0380. The second kappa shape index (κ2) is 6.77. The van der Waals surface area contributed by atoms with Crippen LogP contribution in [0.4, 0.5) is 5.69 Å². The quantitative estimate of drug-likeness (QED) is 0.843. The fraction of sp³-hybridized carbons (Fsp3) is 0.579. The van der Waals surface area contributed by atoms with Crippen LogP contribution in [0.5, 0.6) is 0 Å². The summed E-state index contributed by atoms with van der Waals surface area (Å²) in [6, 6.07) is 4.02. The Bertz CT molecular complexity index is 674. The lowest BCUT2D eigenvalue weighted by Crippen LogP contribution is -2.68. The van der Waals surface area contributed by atoms with Gasteiger partial charge in [-0.3, -0.25) is 4.79 Å². The monoisotopic (exact) mass is 349 g/mol. The number of methoxy groups -OCH3 is 1. The van der Waals surface area contributed by atoms with E-state index < -0.39 is 23.4 Å². The second-order valence-electron chi connectivity index (χ2n) is 7.16. The van der Waals surface area contributed by atoms with E-state index in [9.17, 15) is 9.59 Å². The molecule has 0 radical (unpaired) electrons. The van der Waals surface area contributed by atoms with Crippen molar-refractivity contribution >= 4 is 17.4 Å². The summed E-state index contributed by atoms with van der Waals surface area (Å²) in [5, 5.41) is 3.23. The molecule has 0 bridgehead atoms. The molecule has 2 rings (SSSR count). The van der Waals surface area contributed by atoms with Gasteiger partial charge in [0.15, 0.2) is 23.2 Å². The maximum Gasteiger partial charge on any atom is 0.337 e. The Balaban J connectivity index is 2.56. The van der Waals surface area contributed by atoms with Crippen LogP contribution in [-0.4, -0.2) is 42.9 Å². The van der Waals surface area contributed by atoms with Gasteiger partial charge in [-0.25, -0.2) is 4.79 Å². The number of ether oxygens (including phenoxy) is 3. The summed E-state index contributed by atoms with van der Waals surface area (Å²) in [5.74, 6) is -1.83. The predicted octanol–water partition coefficient (Wildman–Crippen LogP) is 2.68. The van der Waals surface area contributed by atoms with Gasteiger partial charge in [0.2, 0.25) is 0 Å². The van der Waals surface area contributed by atoms with Crippen molar-refractivity contribution in [1.82, 2.24) is 0 Å². The molecule has 0 amide bonds. The van der Waals surface area contributed by atoms with Crippen LogP contribution in [0, 0.1) is 20.8 Å². The maximum atomic E-state index is 12.7. The summed E-state index contributed by atoms with van der Waals surface area (Å²) < 4.78 is 16.5. The van der Waals surface area contributed by atoms with E-state index >= 15 is 0 Å². The van der Waals surface area contributed by atoms with Crippen molar-refractivity contribution in [2.75, 3.05) is 19.0 Å². The van der Waals surface area contributed by atoms with Crippen LogP contribution in [-0.2, 0) is 23.8 Å². The highest BCUT2D eigenvalue weighted by molar-refractivity contribution is 5.95. The van der Waals surface area contributed by atoms with Crippen LogP contribution in [0.3, 0.4) is 0 Å². The smallest absolute Gasteiger partial charge is 0.337 e. The number of Topliss-reactive ketones (excluding diaryl/α,β-unsaturated/α-hetero) is 1. The second-order valence-corrected chi connectivity index (χ2v) is 7.16. The predicted molar refractivity (Wildman–Crippen MR) is 94.6 cm³/mol. The first-order chi connectivity index (χ1) is 11.5. The van der Waals surface area contributed by atoms with Crippen LogP contribution < -0.4 is 5.32 Å². The SMILES string of the molecule is COC(=O)C1(Nc2c(C)cc(C)cc2C)COC(C)(C)OC1C(C)=O. The number of aryl methyl sites for hydroxylation is 3. The third kappa shape index (κ3) is 3.70. The number of nitrogens with one attached hydrogen (secondary N) is 1. The average molecular weight is 349 g/mol. The number of rotatable bonds is 4. The first kappa shape index (κ1) is 19.4. The molecule has 138 valence electrons. The molecule has 1 aromatic rings. The van der Waals surface area contributed by atoms with Crippen LogP contribution in [0.2, 0.25) is 0 Å². The molecule has 6 nitrogen and oxygen atoms in total. The van der Waals surface area contributed by atoms with E-state index in [0.717, 1.165) is 22.4 Å². The van der Waals surface area contributed by atoms with E-state index in [2.05, 4.69) is 5.32 Å². The van der Waals surface area contributed by atoms with Crippen LogP contribution in [0.1, 0.15) is 37.5 Å². The Hall–Kier alpha value is -1.92. The lowest BCUT2D eigenvalue weighted by atomic mass is 9.87. The standard InChI is InChI=1S/C19H27NO5/c1-11-8-12(2)15(13(3)9-11)20-19(17(22)23-7)10-24-18(5,6)25-16(19)14(4)21/h8-9,16,20H,10H2,1-7H3. The Morgan fingerprint density at radius 1 is 1.20 bits per heavy atom. The van der Waals surface area contributed by atoms with Crippen LogP contribution in [0.15, 0.2) is 12.1 Å². The molecule has 1 N–H and O–H groups in total. The average Bonchev–Trinajstić information content (AvgIpc) is 2.51. The Morgan fingerprint density at radius 3 is 2.24 bits per heavy atom. The zero-order valence-electron chi connectivity index (χ0n) is 16.0. The van der Waals surface area contributed by atoms with Crippen molar-refractivity contribution in [3.8, 4) is 0 Å². The summed E-state index contributed by atoms with van der Waals surface area (Å²) in [5.41, 5.74) is 2.38. The summed E-state index contributed by atoms with van der Waals surface area (Å²) >= 11 is 0. The minimum atomic E-state index is -1.44. The molecule has 1 aromatic carbocycles. The molecule has 1 aliphatic heterocycles. The molecule has 0 saturated carbocycles. The molecule has 0 aromatic heterocycles. The molecule has 2 unspecified atom stereocenters. The molecular formula is C19H27NO5. The number of ketones is 1. The van der Waals surface area contributed by atoms with Gasteiger partial charge >= 0.3 is 5.97 Å². The van der Waals surface area contributed by atoms with Gasteiger partial charge in [0.25, 0.3) is 0 Å². The molecule has 1 fully saturated rings. The number of hydrogen-bond donors (Lipinski definition) is 1. The summed E-state index contributed by atoms with van der Waals surface area (Å²) in [6.07, 6.45) is -1.02. The zero-order chi connectivity index (χ0) is 19.0. The van der Waals surface area contributed by atoms with E-state index in [4.69, 9.17) is 14.2 Å². The van der Waals surface area contributed by atoms with Crippen molar-refractivity contribution in [3.63, 3.8) is 0 Å². The van der Waals surface area contributed by atoms with Gasteiger partial charge in [-0.1, -0.05) is 17.7 Å². The Morgan fingerprint density at radius 2 is 1.76 bits per heavy atom. The first-order valence-electron chi connectivity index (χ1n) is 8.29. The highest BCUT2D eigenvalue weighted by Gasteiger charge is 2.56. The highest BCUT2D eigenvalue weighted by atomic mass is 16.7. The van der Waals surface area contributed by atoms with Crippen molar-refractivity contribution in [3.05, 3.63) is 28.8 Å². The van der Waals surface area contributed by atoms with Gasteiger partial charge in [-0.2, -0.15) is 0 Å². The number of anilines is 1. The third-order valence-corrected chi connectivity index (χ3v) is 4.44. The van der Waals surface area contributed by atoms with Crippen LogP contribution in [0.25, 0.3) is 0 Å². The minimum Gasteiger partial charge on any atom is -0.467 e. The normalized spacial score (nSPS) is 25.3. The summed E-state index contributed by atoms with van der Waals surface area (Å²) in [7, 11) is 1.29. The lowest BCUT2D eigenvalue weighted by Gasteiger charge is -2.47. The summed E-state index contributed by atoms with van der Waals surface area (Å²) in [6.45, 7) is 10.7. The molecule has 2 atom stereocenters. The molecule has 1 saturated heterocycles.